The zero-order valence-electron chi connectivity index (χ0n) is 15.7. The van der Waals surface area contributed by atoms with Gasteiger partial charge >= 0.3 is 0 Å². The fourth-order valence-corrected chi connectivity index (χ4v) is 2.09. The molecule has 1 rings (SSSR count). The van der Waals surface area contributed by atoms with Crippen molar-refractivity contribution in [3.05, 3.63) is 35.4 Å². The summed E-state index contributed by atoms with van der Waals surface area (Å²) < 4.78 is 0. The van der Waals surface area contributed by atoms with Crippen molar-refractivity contribution < 1.29 is 9.59 Å². The predicted octanol–water partition coefficient (Wildman–Crippen LogP) is 1.02. The van der Waals surface area contributed by atoms with E-state index in [1.165, 1.54) is 0 Å². The van der Waals surface area contributed by atoms with E-state index in [1.54, 1.807) is 19.2 Å². The molecule has 0 atom stereocenters. The number of benzene rings is 1. The summed E-state index contributed by atoms with van der Waals surface area (Å²) in [6, 6.07) is 7.29. The molecule has 0 spiro atoms. The Bertz CT molecular complexity index is 620. The third-order valence-electron chi connectivity index (χ3n) is 3.11. The maximum atomic E-state index is 11.9. The van der Waals surface area contributed by atoms with Crippen LogP contribution in [-0.4, -0.2) is 43.5 Å². The van der Waals surface area contributed by atoms with Crippen molar-refractivity contribution in [3.8, 4) is 0 Å². The van der Waals surface area contributed by atoms with E-state index in [2.05, 4.69) is 26.3 Å². The van der Waals surface area contributed by atoms with Crippen LogP contribution in [0.1, 0.15) is 43.6 Å². The molecule has 1 aromatic carbocycles. The average Bonchev–Trinajstić information content (AvgIpc) is 2.55. The fourth-order valence-electron chi connectivity index (χ4n) is 2.09. The molecule has 2 amide bonds. The van der Waals surface area contributed by atoms with Crippen molar-refractivity contribution in [2.24, 2.45) is 4.99 Å². The van der Waals surface area contributed by atoms with Crippen molar-refractivity contribution in [2.75, 3.05) is 20.1 Å². The summed E-state index contributed by atoms with van der Waals surface area (Å²) in [6.07, 6.45) is 0. The summed E-state index contributed by atoms with van der Waals surface area (Å²) in [6.45, 7) is 8.99. The first kappa shape index (κ1) is 20.5. The lowest BCUT2D eigenvalue weighted by Gasteiger charge is -2.21. The van der Waals surface area contributed by atoms with E-state index in [9.17, 15) is 9.59 Å². The molecule has 0 bridgehead atoms. The van der Waals surface area contributed by atoms with Crippen LogP contribution >= 0.6 is 0 Å². The standard InChI is InChI=1S/C18H29N5O2/c1-6-20-17(22-12-15(24)23-18(2,3)4)21-11-13-8-7-9-14(10-13)16(25)19-5/h7-10H,6,11-12H2,1-5H3,(H,19,25)(H,23,24)(H2,20,21,22). The quantitative estimate of drug-likeness (QED) is 0.456. The summed E-state index contributed by atoms with van der Waals surface area (Å²) in [4.78, 5) is 28.0. The Kier molecular flexibility index (Phi) is 7.91. The van der Waals surface area contributed by atoms with Gasteiger partial charge in [0, 0.05) is 24.7 Å². The van der Waals surface area contributed by atoms with Crippen LogP contribution in [0.2, 0.25) is 0 Å². The minimum atomic E-state index is -0.269. The summed E-state index contributed by atoms with van der Waals surface area (Å²) in [5.41, 5.74) is 1.24. The molecule has 138 valence electrons. The Morgan fingerprint density at radius 2 is 1.88 bits per heavy atom. The van der Waals surface area contributed by atoms with Gasteiger partial charge in [0.2, 0.25) is 5.91 Å². The Labute approximate surface area is 149 Å². The molecule has 1 aromatic rings. The van der Waals surface area contributed by atoms with Crippen LogP contribution in [0.25, 0.3) is 0 Å². The number of hydrogen-bond acceptors (Lipinski definition) is 3. The second-order valence-electron chi connectivity index (χ2n) is 6.63. The highest BCUT2D eigenvalue weighted by atomic mass is 16.2. The molecule has 0 heterocycles. The van der Waals surface area contributed by atoms with E-state index >= 15 is 0 Å². The van der Waals surface area contributed by atoms with Gasteiger partial charge in [0.15, 0.2) is 5.96 Å². The number of aliphatic imine (C=N–C) groups is 1. The van der Waals surface area contributed by atoms with Crippen molar-refractivity contribution in [2.45, 2.75) is 39.8 Å². The van der Waals surface area contributed by atoms with Crippen LogP contribution in [0.3, 0.4) is 0 Å². The third-order valence-corrected chi connectivity index (χ3v) is 3.11. The summed E-state index contributed by atoms with van der Waals surface area (Å²) in [5.74, 6) is 0.325. The normalized spacial score (nSPS) is 11.6. The van der Waals surface area contributed by atoms with Crippen LogP contribution in [0.4, 0.5) is 0 Å². The number of nitrogens with one attached hydrogen (secondary N) is 4. The first-order chi connectivity index (χ1) is 11.7. The minimum Gasteiger partial charge on any atom is -0.357 e. The molecule has 0 fully saturated rings. The predicted molar refractivity (Wildman–Crippen MR) is 101 cm³/mol. The Hall–Kier alpha value is -2.57. The van der Waals surface area contributed by atoms with Gasteiger partial charge in [-0.3, -0.25) is 9.59 Å². The number of carbonyl (C=O) groups excluding carboxylic acids is 2. The molecular weight excluding hydrogens is 318 g/mol. The van der Waals surface area contributed by atoms with Gasteiger partial charge in [-0.25, -0.2) is 4.99 Å². The summed E-state index contributed by atoms with van der Waals surface area (Å²) in [5, 5.41) is 11.6. The first-order valence-corrected chi connectivity index (χ1v) is 8.39. The minimum absolute atomic E-state index is 0.0975. The van der Waals surface area contributed by atoms with Crippen molar-refractivity contribution >= 4 is 17.8 Å². The Morgan fingerprint density at radius 3 is 2.48 bits per heavy atom. The Balaban J connectivity index is 2.69. The van der Waals surface area contributed by atoms with Gasteiger partial charge in [0.05, 0.1) is 13.1 Å². The highest BCUT2D eigenvalue weighted by molar-refractivity contribution is 5.94. The van der Waals surface area contributed by atoms with E-state index in [1.807, 2.05) is 39.8 Å². The molecule has 0 aromatic heterocycles. The van der Waals surface area contributed by atoms with Crippen LogP contribution in [-0.2, 0) is 11.3 Å². The van der Waals surface area contributed by atoms with Gasteiger partial charge < -0.3 is 21.3 Å². The molecule has 4 N–H and O–H groups in total. The number of amides is 2. The second kappa shape index (κ2) is 9.66. The van der Waals surface area contributed by atoms with E-state index in [4.69, 9.17) is 0 Å². The molecule has 0 radical (unpaired) electrons. The number of nitrogens with zero attached hydrogens (tertiary/aromatic N) is 1. The van der Waals surface area contributed by atoms with Gasteiger partial charge in [0.1, 0.15) is 0 Å². The molecular formula is C18H29N5O2. The second-order valence-corrected chi connectivity index (χ2v) is 6.63. The average molecular weight is 347 g/mol. The SMILES string of the molecule is CCNC(=NCc1cccc(C(=O)NC)c1)NCC(=O)NC(C)(C)C. The van der Waals surface area contributed by atoms with E-state index in [0.29, 0.717) is 24.6 Å². The first-order valence-electron chi connectivity index (χ1n) is 8.39. The van der Waals surface area contributed by atoms with Crippen molar-refractivity contribution in [1.82, 2.24) is 21.3 Å². The van der Waals surface area contributed by atoms with Crippen molar-refractivity contribution in [1.29, 1.82) is 0 Å². The number of rotatable bonds is 6. The Morgan fingerprint density at radius 1 is 1.16 bits per heavy atom. The highest BCUT2D eigenvalue weighted by Gasteiger charge is 2.13. The number of guanidine groups is 1. The molecule has 7 heteroatoms. The fraction of sp³-hybridized carbons (Fsp3) is 0.500. The molecule has 0 aliphatic carbocycles. The lowest BCUT2D eigenvalue weighted by Crippen LogP contribution is -2.48. The molecule has 0 saturated heterocycles. The van der Waals surface area contributed by atoms with Crippen LogP contribution in [0.5, 0.6) is 0 Å². The van der Waals surface area contributed by atoms with Gasteiger partial charge in [-0.2, -0.15) is 0 Å². The smallest absolute Gasteiger partial charge is 0.251 e. The monoisotopic (exact) mass is 347 g/mol. The number of carbonyl (C=O) groups is 2. The third kappa shape index (κ3) is 8.19. The zero-order chi connectivity index (χ0) is 18.9. The summed E-state index contributed by atoms with van der Waals surface area (Å²) in [7, 11) is 1.60. The van der Waals surface area contributed by atoms with Gasteiger partial charge in [0.25, 0.3) is 5.91 Å². The van der Waals surface area contributed by atoms with Gasteiger partial charge in [-0.05, 0) is 45.4 Å². The topological polar surface area (TPSA) is 94.6 Å². The van der Waals surface area contributed by atoms with Crippen LogP contribution < -0.4 is 21.3 Å². The molecule has 0 unspecified atom stereocenters. The number of hydrogen-bond donors (Lipinski definition) is 4. The maximum absolute atomic E-state index is 11.9. The summed E-state index contributed by atoms with van der Waals surface area (Å²) >= 11 is 0. The van der Waals surface area contributed by atoms with Crippen molar-refractivity contribution in [3.63, 3.8) is 0 Å². The van der Waals surface area contributed by atoms with Crippen LogP contribution in [0.15, 0.2) is 29.3 Å². The lowest BCUT2D eigenvalue weighted by atomic mass is 10.1. The van der Waals surface area contributed by atoms with Crippen LogP contribution in [0, 0.1) is 0 Å². The molecule has 0 aliphatic rings. The lowest BCUT2D eigenvalue weighted by molar-refractivity contribution is -0.121. The maximum Gasteiger partial charge on any atom is 0.251 e. The van der Waals surface area contributed by atoms with Gasteiger partial charge in [-0.1, -0.05) is 12.1 Å². The molecule has 25 heavy (non-hydrogen) atoms. The molecule has 0 aliphatic heterocycles. The molecule has 7 nitrogen and oxygen atoms in total. The highest BCUT2D eigenvalue weighted by Crippen LogP contribution is 2.06. The van der Waals surface area contributed by atoms with Gasteiger partial charge in [-0.15, -0.1) is 0 Å². The molecule has 0 saturated carbocycles. The zero-order valence-corrected chi connectivity index (χ0v) is 15.7. The largest absolute Gasteiger partial charge is 0.357 e. The van der Waals surface area contributed by atoms with E-state index in [-0.39, 0.29) is 23.9 Å². The van der Waals surface area contributed by atoms with E-state index < -0.39 is 0 Å². The van der Waals surface area contributed by atoms with E-state index in [0.717, 1.165) is 5.56 Å².